The highest BCUT2D eigenvalue weighted by molar-refractivity contribution is 7.13. The Morgan fingerprint density at radius 1 is 1.52 bits per heavy atom. The highest BCUT2D eigenvalue weighted by atomic mass is 32.1. The zero-order valence-corrected chi connectivity index (χ0v) is 12.5. The molecule has 0 radical (unpaired) electrons. The van der Waals surface area contributed by atoms with Crippen LogP contribution in [0.3, 0.4) is 0 Å². The predicted octanol–water partition coefficient (Wildman–Crippen LogP) is 0.680. The summed E-state index contributed by atoms with van der Waals surface area (Å²) in [6.07, 6.45) is 3.82. The molecule has 1 unspecified atom stereocenters. The molecule has 0 aromatic carbocycles. The topological polar surface area (TPSA) is 74.8 Å². The second-order valence-corrected chi connectivity index (χ2v) is 5.98. The lowest BCUT2D eigenvalue weighted by atomic mass is 10.2. The number of nitrogens with zero attached hydrogens (tertiary/aromatic N) is 3. The lowest BCUT2D eigenvalue weighted by Crippen LogP contribution is -2.55. The fourth-order valence-corrected chi connectivity index (χ4v) is 3.20. The molecule has 1 atom stereocenters. The Labute approximate surface area is 126 Å². The zero-order valence-electron chi connectivity index (χ0n) is 11.7. The minimum atomic E-state index is -0.197. The van der Waals surface area contributed by atoms with Crippen molar-refractivity contribution in [3.63, 3.8) is 0 Å². The van der Waals surface area contributed by atoms with Crippen molar-refractivity contribution in [2.45, 2.75) is 18.9 Å². The summed E-state index contributed by atoms with van der Waals surface area (Å²) in [4.78, 5) is 31.5. The number of aromatic nitrogens is 1. The Balaban J connectivity index is 1.49. The van der Waals surface area contributed by atoms with Crippen molar-refractivity contribution in [1.82, 2.24) is 15.2 Å². The third-order valence-corrected chi connectivity index (χ3v) is 4.46. The van der Waals surface area contributed by atoms with E-state index >= 15 is 0 Å². The summed E-state index contributed by atoms with van der Waals surface area (Å²) in [6, 6.07) is -0.197. The highest BCUT2D eigenvalue weighted by Gasteiger charge is 2.29. The average Bonchev–Trinajstić information content (AvgIpc) is 3.17. The molecule has 114 valence electrons. The fourth-order valence-electron chi connectivity index (χ4n) is 2.52. The van der Waals surface area contributed by atoms with Crippen LogP contribution in [-0.4, -0.2) is 60.7 Å². The molecule has 3 heterocycles. The van der Waals surface area contributed by atoms with Gasteiger partial charge in [0.05, 0.1) is 6.10 Å². The van der Waals surface area contributed by atoms with Gasteiger partial charge in [-0.15, -0.1) is 11.3 Å². The molecule has 2 aliphatic rings. The van der Waals surface area contributed by atoms with E-state index in [1.54, 1.807) is 16.0 Å². The molecule has 3 rings (SSSR count). The van der Waals surface area contributed by atoms with Crippen molar-refractivity contribution in [3.8, 4) is 0 Å². The summed E-state index contributed by atoms with van der Waals surface area (Å²) in [5.74, 6) is -0.0940. The number of rotatable bonds is 3. The van der Waals surface area contributed by atoms with Crippen molar-refractivity contribution in [2.24, 2.45) is 0 Å². The van der Waals surface area contributed by atoms with Crippen LogP contribution in [0.1, 0.15) is 12.8 Å². The van der Waals surface area contributed by atoms with E-state index in [1.165, 1.54) is 11.3 Å². The summed E-state index contributed by atoms with van der Waals surface area (Å²) >= 11 is 1.43. The summed E-state index contributed by atoms with van der Waals surface area (Å²) in [6.45, 7) is 2.38. The Hall–Kier alpha value is -1.67. The van der Waals surface area contributed by atoms with E-state index in [4.69, 9.17) is 4.74 Å². The number of ether oxygens (including phenoxy) is 1. The number of carbonyl (C=O) groups excluding carboxylic acids is 2. The summed E-state index contributed by atoms with van der Waals surface area (Å²) in [5.41, 5.74) is 0. The van der Waals surface area contributed by atoms with Gasteiger partial charge in [-0.1, -0.05) is 0 Å². The van der Waals surface area contributed by atoms with Gasteiger partial charge in [-0.2, -0.15) is 0 Å². The van der Waals surface area contributed by atoms with Gasteiger partial charge in [0.1, 0.15) is 6.54 Å². The van der Waals surface area contributed by atoms with Crippen LogP contribution in [0.4, 0.5) is 9.93 Å². The molecule has 8 heteroatoms. The molecule has 0 saturated carbocycles. The number of urea groups is 1. The molecule has 1 aromatic heterocycles. The maximum Gasteiger partial charge on any atom is 0.318 e. The van der Waals surface area contributed by atoms with Gasteiger partial charge in [-0.05, 0) is 12.8 Å². The molecule has 3 amide bonds. The molecule has 2 aliphatic heterocycles. The van der Waals surface area contributed by atoms with Crippen molar-refractivity contribution in [1.29, 1.82) is 0 Å². The first-order chi connectivity index (χ1) is 10.2. The number of amides is 3. The van der Waals surface area contributed by atoms with Gasteiger partial charge in [-0.3, -0.25) is 9.69 Å². The molecule has 0 spiro atoms. The quantitative estimate of drug-likeness (QED) is 0.891. The van der Waals surface area contributed by atoms with E-state index in [2.05, 4.69) is 10.3 Å². The molecule has 2 saturated heterocycles. The molecule has 0 aliphatic carbocycles. The molecule has 2 fully saturated rings. The first-order valence-corrected chi connectivity index (χ1v) is 7.96. The van der Waals surface area contributed by atoms with Crippen molar-refractivity contribution in [3.05, 3.63) is 11.6 Å². The van der Waals surface area contributed by atoms with Gasteiger partial charge in [0, 0.05) is 37.8 Å². The monoisotopic (exact) mass is 310 g/mol. The molecule has 1 N–H and O–H groups in total. The minimum absolute atomic E-state index is 0.0940. The van der Waals surface area contributed by atoms with Gasteiger partial charge >= 0.3 is 6.03 Å². The van der Waals surface area contributed by atoms with Crippen LogP contribution in [0.15, 0.2) is 11.6 Å². The second kappa shape index (κ2) is 6.40. The fraction of sp³-hybridized carbons (Fsp3) is 0.615. The number of piperazine rings is 1. The highest BCUT2D eigenvalue weighted by Crippen LogP contribution is 2.19. The number of hydrogen-bond acceptors (Lipinski definition) is 5. The molecule has 1 aromatic rings. The first kappa shape index (κ1) is 14.3. The van der Waals surface area contributed by atoms with Gasteiger partial charge in [-0.25, -0.2) is 9.78 Å². The number of anilines is 1. The Kier molecular flexibility index (Phi) is 4.35. The molecule has 7 nitrogen and oxygen atoms in total. The molecular formula is C13H18N4O3S. The normalized spacial score (nSPS) is 22.7. The van der Waals surface area contributed by atoms with E-state index in [0.29, 0.717) is 24.8 Å². The van der Waals surface area contributed by atoms with Crippen LogP contribution < -0.4 is 10.2 Å². The van der Waals surface area contributed by atoms with Crippen LogP contribution in [0, 0.1) is 0 Å². The van der Waals surface area contributed by atoms with Crippen LogP contribution in [0.5, 0.6) is 0 Å². The Morgan fingerprint density at radius 2 is 2.43 bits per heavy atom. The van der Waals surface area contributed by atoms with Crippen LogP contribution in [0.2, 0.25) is 0 Å². The van der Waals surface area contributed by atoms with E-state index in [9.17, 15) is 9.59 Å². The zero-order chi connectivity index (χ0) is 14.7. The molecular weight excluding hydrogens is 292 g/mol. The number of thiazole rings is 1. The van der Waals surface area contributed by atoms with Crippen molar-refractivity contribution >= 4 is 28.4 Å². The maximum atomic E-state index is 12.1. The number of nitrogens with one attached hydrogen (secondary N) is 1. The lowest BCUT2D eigenvalue weighted by molar-refractivity contribution is -0.120. The second-order valence-electron chi connectivity index (χ2n) is 5.10. The van der Waals surface area contributed by atoms with Gasteiger partial charge in [0.15, 0.2) is 5.13 Å². The van der Waals surface area contributed by atoms with Gasteiger partial charge in [0.25, 0.3) is 0 Å². The summed E-state index contributed by atoms with van der Waals surface area (Å²) < 4.78 is 5.46. The third kappa shape index (κ3) is 3.33. The van der Waals surface area contributed by atoms with Crippen LogP contribution >= 0.6 is 11.3 Å². The van der Waals surface area contributed by atoms with Crippen LogP contribution in [0.25, 0.3) is 0 Å². The summed E-state index contributed by atoms with van der Waals surface area (Å²) in [7, 11) is 0. The lowest BCUT2D eigenvalue weighted by Gasteiger charge is -2.33. The third-order valence-electron chi connectivity index (χ3n) is 3.66. The summed E-state index contributed by atoms with van der Waals surface area (Å²) in [5, 5.41) is 5.37. The van der Waals surface area contributed by atoms with Crippen molar-refractivity contribution < 1.29 is 14.3 Å². The van der Waals surface area contributed by atoms with Gasteiger partial charge in [0.2, 0.25) is 5.91 Å². The minimum Gasteiger partial charge on any atom is -0.376 e. The van der Waals surface area contributed by atoms with Gasteiger partial charge < -0.3 is 15.0 Å². The maximum absolute atomic E-state index is 12.1. The van der Waals surface area contributed by atoms with Crippen molar-refractivity contribution in [2.75, 3.05) is 37.7 Å². The number of hydrogen-bond donors (Lipinski definition) is 1. The predicted molar refractivity (Wildman–Crippen MR) is 78.4 cm³/mol. The largest absolute Gasteiger partial charge is 0.376 e. The van der Waals surface area contributed by atoms with E-state index in [-0.39, 0.29) is 24.6 Å². The average molecular weight is 310 g/mol. The molecule has 0 bridgehead atoms. The standard InChI is InChI=1S/C13H18N4O3S/c18-11-9-16(4-5-17(11)13-14-3-7-21-13)12(19)15-8-10-2-1-6-20-10/h3,7,10H,1-2,4-6,8-9H2,(H,15,19). The van der Waals surface area contributed by atoms with E-state index in [1.807, 2.05) is 5.38 Å². The van der Waals surface area contributed by atoms with E-state index in [0.717, 1.165) is 19.4 Å². The Morgan fingerprint density at radius 3 is 3.10 bits per heavy atom. The molecule has 21 heavy (non-hydrogen) atoms. The van der Waals surface area contributed by atoms with Crippen LogP contribution in [-0.2, 0) is 9.53 Å². The number of carbonyl (C=O) groups is 2. The smallest absolute Gasteiger partial charge is 0.318 e. The first-order valence-electron chi connectivity index (χ1n) is 7.08. The SMILES string of the molecule is O=C(NCC1CCCO1)N1CCN(c2nccs2)C(=O)C1. The Bertz CT molecular complexity index is 502. The van der Waals surface area contributed by atoms with E-state index < -0.39 is 0 Å².